The topological polar surface area (TPSA) is 48.0 Å². The van der Waals surface area contributed by atoms with Crippen LogP contribution in [0.3, 0.4) is 0 Å². The summed E-state index contributed by atoms with van der Waals surface area (Å²) in [5.74, 6) is 1.94. The number of carbonyl (C=O) groups excluding carboxylic acids is 1. The Kier molecular flexibility index (Phi) is 3.74. The second-order valence-corrected chi connectivity index (χ2v) is 8.19. The lowest BCUT2D eigenvalue weighted by atomic mass is 9.53. The molecule has 1 unspecified atom stereocenters. The van der Waals surface area contributed by atoms with E-state index in [2.05, 4.69) is 0 Å². The lowest BCUT2D eigenvalue weighted by Crippen LogP contribution is -2.66. The minimum atomic E-state index is -1.02. The Bertz CT molecular complexity index is 449. The zero-order valence-electron chi connectivity index (χ0n) is 14.5. The summed E-state index contributed by atoms with van der Waals surface area (Å²) in [5, 5.41) is 0. The first-order chi connectivity index (χ1) is 11.0. The number of hydrogen-bond donors (Lipinski definition) is 0. The van der Waals surface area contributed by atoms with Gasteiger partial charge < -0.3 is 9.64 Å². The maximum atomic E-state index is 12.7. The van der Waals surface area contributed by atoms with E-state index in [0.29, 0.717) is 31.5 Å². The van der Waals surface area contributed by atoms with Crippen LogP contribution in [-0.4, -0.2) is 41.9 Å². The first-order valence-corrected chi connectivity index (χ1v) is 9.31. The summed E-state index contributed by atoms with van der Waals surface area (Å²) in [6, 6.07) is 0. The zero-order valence-corrected chi connectivity index (χ0v) is 14.5. The standard InChI is InChI=1S/C18H29NO4/c1-4-19(5-2)16(20)17(3)11-21-18(23-22-17)14-7-12-6-13(9-14)10-15(18)8-12/h12-15H,4-11H2,1-3H3. The van der Waals surface area contributed by atoms with Crippen molar-refractivity contribution in [3.63, 3.8) is 0 Å². The second kappa shape index (κ2) is 5.43. The molecule has 1 atom stereocenters. The lowest BCUT2D eigenvalue weighted by molar-refractivity contribution is -0.536. The SMILES string of the molecule is CCN(CC)C(=O)C1(C)COC2(OO1)C1CC3CC(C1)CC2C3. The van der Waals surface area contributed by atoms with E-state index in [1.54, 1.807) is 11.8 Å². The van der Waals surface area contributed by atoms with Gasteiger partial charge in [-0.3, -0.25) is 4.79 Å². The van der Waals surface area contributed by atoms with Gasteiger partial charge in [0.15, 0.2) is 0 Å². The molecule has 0 aromatic rings. The van der Waals surface area contributed by atoms with Crippen LogP contribution in [0.1, 0.15) is 52.9 Å². The van der Waals surface area contributed by atoms with Gasteiger partial charge in [0.25, 0.3) is 5.91 Å². The average molecular weight is 323 g/mol. The molecule has 1 saturated heterocycles. The van der Waals surface area contributed by atoms with Crippen molar-refractivity contribution in [3.8, 4) is 0 Å². The molecule has 23 heavy (non-hydrogen) atoms. The summed E-state index contributed by atoms with van der Waals surface area (Å²) in [6.45, 7) is 7.40. The maximum absolute atomic E-state index is 12.7. The van der Waals surface area contributed by atoms with Crippen molar-refractivity contribution in [2.75, 3.05) is 19.7 Å². The number of amides is 1. The van der Waals surface area contributed by atoms with Crippen molar-refractivity contribution >= 4 is 5.91 Å². The lowest BCUT2D eigenvalue weighted by Gasteiger charge is -2.61. The van der Waals surface area contributed by atoms with Crippen LogP contribution in [0.5, 0.6) is 0 Å². The molecule has 0 N–H and O–H groups in total. The number of likely N-dealkylation sites (N-methyl/N-ethyl adjacent to an activating group) is 1. The summed E-state index contributed by atoms with van der Waals surface area (Å²) in [4.78, 5) is 26.2. The quantitative estimate of drug-likeness (QED) is 0.749. The third-order valence-electron chi connectivity index (χ3n) is 6.71. The summed E-state index contributed by atoms with van der Waals surface area (Å²) < 4.78 is 6.32. The Hall–Kier alpha value is -0.650. The van der Waals surface area contributed by atoms with Gasteiger partial charge in [-0.25, -0.2) is 4.89 Å². The van der Waals surface area contributed by atoms with Gasteiger partial charge in [-0.05, 0) is 64.7 Å². The Morgan fingerprint density at radius 2 is 1.57 bits per heavy atom. The molecule has 5 nitrogen and oxygen atoms in total. The molecule has 1 aliphatic heterocycles. The normalized spacial score (nSPS) is 48.0. The van der Waals surface area contributed by atoms with E-state index in [-0.39, 0.29) is 5.91 Å². The van der Waals surface area contributed by atoms with Gasteiger partial charge in [0.05, 0.1) is 6.61 Å². The van der Waals surface area contributed by atoms with Crippen LogP contribution in [0, 0.1) is 23.7 Å². The second-order valence-electron chi connectivity index (χ2n) is 8.19. The van der Waals surface area contributed by atoms with Gasteiger partial charge in [-0.1, -0.05) is 0 Å². The van der Waals surface area contributed by atoms with Crippen molar-refractivity contribution in [1.29, 1.82) is 0 Å². The molecule has 5 fully saturated rings. The molecule has 5 heteroatoms. The molecular weight excluding hydrogens is 294 g/mol. The predicted octanol–water partition coefficient (Wildman–Crippen LogP) is 2.74. The van der Waals surface area contributed by atoms with Gasteiger partial charge in [0.2, 0.25) is 11.4 Å². The highest BCUT2D eigenvalue weighted by molar-refractivity contribution is 5.85. The first-order valence-electron chi connectivity index (χ1n) is 9.31. The average Bonchev–Trinajstić information content (AvgIpc) is 2.55. The van der Waals surface area contributed by atoms with Crippen LogP contribution in [0.15, 0.2) is 0 Å². The van der Waals surface area contributed by atoms with Gasteiger partial charge >= 0.3 is 0 Å². The minimum absolute atomic E-state index is 0.0406. The summed E-state index contributed by atoms with van der Waals surface area (Å²) in [6.07, 6.45) is 6.16. The van der Waals surface area contributed by atoms with Crippen molar-refractivity contribution in [2.45, 2.75) is 64.3 Å². The molecule has 5 aliphatic rings. The molecule has 1 amide bonds. The molecule has 0 aromatic carbocycles. The Morgan fingerprint density at radius 3 is 2.00 bits per heavy atom. The molecule has 4 saturated carbocycles. The van der Waals surface area contributed by atoms with Gasteiger partial charge in [-0.15, -0.1) is 0 Å². The maximum Gasteiger partial charge on any atom is 0.260 e. The molecule has 1 heterocycles. The van der Waals surface area contributed by atoms with E-state index in [1.807, 2.05) is 13.8 Å². The number of nitrogens with zero attached hydrogens (tertiary/aromatic N) is 1. The van der Waals surface area contributed by atoms with Crippen LogP contribution < -0.4 is 0 Å². The predicted molar refractivity (Wildman–Crippen MR) is 84.2 cm³/mol. The van der Waals surface area contributed by atoms with E-state index < -0.39 is 11.4 Å². The Morgan fingerprint density at radius 1 is 1.00 bits per heavy atom. The van der Waals surface area contributed by atoms with Crippen LogP contribution in [0.25, 0.3) is 0 Å². The molecular formula is C18H29NO4. The molecule has 4 aliphatic carbocycles. The Balaban J connectivity index is 1.50. The molecule has 130 valence electrons. The molecule has 4 bridgehead atoms. The monoisotopic (exact) mass is 323 g/mol. The highest BCUT2D eigenvalue weighted by atomic mass is 17.2. The molecule has 1 spiro atoms. The van der Waals surface area contributed by atoms with Crippen LogP contribution in [0.2, 0.25) is 0 Å². The van der Waals surface area contributed by atoms with E-state index >= 15 is 0 Å². The summed E-state index contributed by atoms with van der Waals surface area (Å²) >= 11 is 0. The van der Waals surface area contributed by atoms with Crippen molar-refractivity contribution in [2.24, 2.45) is 23.7 Å². The van der Waals surface area contributed by atoms with Gasteiger partial charge in [0, 0.05) is 24.9 Å². The van der Waals surface area contributed by atoms with E-state index in [1.165, 1.54) is 32.1 Å². The Labute approximate surface area is 138 Å². The largest absolute Gasteiger partial charge is 0.343 e. The van der Waals surface area contributed by atoms with E-state index in [9.17, 15) is 4.79 Å². The first kappa shape index (κ1) is 15.9. The highest BCUT2D eigenvalue weighted by Crippen LogP contribution is 2.61. The fraction of sp³-hybridized carbons (Fsp3) is 0.944. The zero-order chi connectivity index (χ0) is 16.2. The fourth-order valence-corrected chi connectivity index (χ4v) is 5.61. The summed E-state index contributed by atoms with van der Waals surface area (Å²) in [7, 11) is 0. The third kappa shape index (κ3) is 2.27. The highest BCUT2D eigenvalue weighted by Gasteiger charge is 2.63. The number of carbonyl (C=O) groups is 1. The molecule has 0 aromatic heterocycles. The van der Waals surface area contributed by atoms with Crippen molar-refractivity contribution in [3.05, 3.63) is 0 Å². The minimum Gasteiger partial charge on any atom is -0.343 e. The molecule has 5 rings (SSSR count). The fourth-order valence-electron chi connectivity index (χ4n) is 5.61. The number of rotatable bonds is 3. The van der Waals surface area contributed by atoms with E-state index in [4.69, 9.17) is 14.5 Å². The van der Waals surface area contributed by atoms with Crippen LogP contribution in [-0.2, 0) is 19.3 Å². The third-order valence-corrected chi connectivity index (χ3v) is 6.71. The smallest absolute Gasteiger partial charge is 0.260 e. The number of hydrogen-bond acceptors (Lipinski definition) is 4. The molecule has 0 radical (unpaired) electrons. The van der Waals surface area contributed by atoms with Crippen molar-refractivity contribution in [1.82, 2.24) is 4.90 Å². The van der Waals surface area contributed by atoms with Crippen LogP contribution in [0.4, 0.5) is 0 Å². The van der Waals surface area contributed by atoms with Crippen molar-refractivity contribution < 1.29 is 19.3 Å². The van der Waals surface area contributed by atoms with Gasteiger partial charge in [-0.2, -0.15) is 4.89 Å². The van der Waals surface area contributed by atoms with Crippen LogP contribution >= 0.6 is 0 Å². The summed E-state index contributed by atoms with van der Waals surface area (Å²) in [5.41, 5.74) is -1.02. The number of ether oxygens (including phenoxy) is 1. The van der Waals surface area contributed by atoms with Gasteiger partial charge in [0.1, 0.15) is 0 Å². The van der Waals surface area contributed by atoms with E-state index in [0.717, 1.165) is 11.8 Å².